The lowest BCUT2D eigenvalue weighted by molar-refractivity contribution is -0.141. The van der Waals surface area contributed by atoms with Crippen molar-refractivity contribution in [1.82, 2.24) is 9.78 Å². The maximum atomic E-state index is 13.3. The Morgan fingerprint density at radius 2 is 1.48 bits per heavy atom. The molecule has 1 aromatic heterocycles. The molecular weight excluding hydrogens is 457 g/mol. The smallest absolute Gasteiger partial charge is 0.280 e. The van der Waals surface area contributed by atoms with Crippen molar-refractivity contribution in [3.05, 3.63) is 95.9 Å². The molecule has 0 unspecified atom stereocenters. The monoisotopic (exact) mass is 474 g/mol. The number of anilines is 1. The average Bonchev–Trinajstić information content (AvgIpc) is 3.22. The van der Waals surface area contributed by atoms with Crippen molar-refractivity contribution in [3.63, 3.8) is 0 Å². The van der Waals surface area contributed by atoms with Gasteiger partial charge in [0.25, 0.3) is 10.0 Å². The van der Waals surface area contributed by atoms with E-state index in [0.29, 0.717) is 11.3 Å². The van der Waals surface area contributed by atoms with Gasteiger partial charge in [-0.05, 0) is 61.5 Å². The minimum atomic E-state index is -4.65. The molecule has 0 radical (unpaired) electrons. The second kappa shape index (κ2) is 8.36. The van der Waals surface area contributed by atoms with Crippen LogP contribution in [0, 0.1) is 12.7 Å². The molecule has 0 spiro atoms. The van der Waals surface area contributed by atoms with E-state index in [1.165, 1.54) is 41.1 Å². The molecule has 1 heterocycles. The minimum Gasteiger partial charge on any atom is -0.280 e. The molecule has 0 saturated heterocycles. The molecule has 10 heteroatoms. The van der Waals surface area contributed by atoms with E-state index in [-0.39, 0.29) is 16.3 Å². The van der Waals surface area contributed by atoms with E-state index in [4.69, 9.17) is 0 Å². The van der Waals surface area contributed by atoms with Gasteiger partial charge in [-0.15, -0.1) is 0 Å². The standard InChI is InChI=1S/C23H17F4N3O2S/c1-15-2-10-19(11-3-15)30-21(14-22(28-30)23(25,26)27)16-4-12-20(13-5-16)33(31,32)29-18-8-6-17(24)7-9-18/h2-14,29H,1H3/i24-1. The fourth-order valence-electron chi connectivity index (χ4n) is 3.14. The number of benzene rings is 3. The van der Waals surface area contributed by atoms with Gasteiger partial charge < -0.3 is 0 Å². The molecule has 33 heavy (non-hydrogen) atoms. The Labute approximate surface area is 187 Å². The number of nitrogens with one attached hydrogen (secondary N) is 1. The second-order valence-electron chi connectivity index (χ2n) is 7.30. The molecule has 170 valence electrons. The van der Waals surface area contributed by atoms with Gasteiger partial charge in [0, 0.05) is 11.3 Å². The lowest BCUT2D eigenvalue weighted by Crippen LogP contribution is -2.12. The first kappa shape index (κ1) is 22.5. The van der Waals surface area contributed by atoms with Crippen molar-refractivity contribution < 1.29 is 26.0 Å². The molecule has 4 aromatic rings. The Bertz CT molecular complexity index is 1380. The largest absolute Gasteiger partial charge is 0.435 e. The second-order valence-corrected chi connectivity index (χ2v) is 8.98. The van der Waals surface area contributed by atoms with Gasteiger partial charge in [-0.25, -0.2) is 17.5 Å². The molecule has 0 fully saturated rings. The van der Waals surface area contributed by atoms with Crippen LogP contribution < -0.4 is 4.72 Å². The number of hydrogen-bond acceptors (Lipinski definition) is 3. The molecule has 0 aliphatic rings. The van der Waals surface area contributed by atoms with Crippen molar-refractivity contribution in [2.75, 3.05) is 4.72 Å². The van der Waals surface area contributed by atoms with Gasteiger partial charge in [0.1, 0.15) is 5.82 Å². The normalized spacial score (nSPS) is 12.0. The van der Waals surface area contributed by atoms with Crippen LogP contribution in [0.25, 0.3) is 16.9 Å². The van der Waals surface area contributed by atoms with Gasteiger partial charge in [-0.2, -0.15) is 18.3 Å². The predicted molar refractivity (Wildman–Crippen MR) is 116 cm³/mol. The SMILES string of the molecule is Cc1ccc(-n2nc(C(F)(F)F)cc2-c2ccc(S(=O)(=O)Nc3ccc([18F])cc3)cc2)cc1. The van der Waals surface area contributed by atoms with Gasteiger partial charge in [0.05, 0.1) is 16.3 Å². The molecular formula is C23H17F4N3O2S. The number of hydrogen-bond donors (Lipinski definition) is 1. The summed E-state index contributed by atoms with van der Waals surface area (Å²) < 4.78 is 81.8. The van der Waals surface area contributed by atoms with E-state index < -0.39 is 27.7 Å². The van der Waals surface area contributed by atoms with E-state index in [1.807, 2.05) is 6.92 Å². The summed E-state index contributed by atoms with van der Waals surface area (Å²) in [7, 11) is -3.99. The molecule has 5 nitrogen and oxygen atoms in total. The minimum absolute atomic E-state index is 0.104. The summed E-state index contributed by atoms with van der Waals surface area (Å²) in [5, 5.41) is 3.72. The summed E-state index contributed by atoms with van der Waals surface area (Å²) in [6.45, 7) is 1.86. The summed E-state index contributed by atoms with van der Waals surface area (Å²) in [5.74, 6) is -0.509. The summed E-state index contributed by atoms with van der Waals surface area (Å²) in [6, 6.07) is 17.9. The first-order chi connectivity index (χ1) is 15.5. The molecule has 0 atom stereocenters. The fourth-order valence-corrected chi connectivity index (χ4v) is 4.20. The van der Waals surface area contributed by atoms with Crippen LogP contribution in [0.4, 0.5) is 23.2 Å². The topological polar surface area (TPSA) is 64.0 Å². The number of halogens is 4. The van der Waals surface area contributed by atoms with Gasteiger partial charge in [-0.3, -0.25) is 4.72 Å². The lowest BCUT2D eigenvalue weighted by atomic mass is 10.1. The van der Waals surface area contributed by atoms with Crippen molar-refractivity contribution in [2.45, 2.75) is 18.0 Å². The van der Waals surface area contributed by atoms with Gasteiger partial charge in [0.15, 0.2) is 5.69 Å². The Hall–Kier alpha value is -3.66. The summed E-state index contributed by atoms with van der Waals surface area (Å²) >= 11 is 0. The Morgan fingerprint density at radius 1 is 0.879 bits per heavy atom. The molecule has 3 aromatic carbocycles. The third-order valence-corrected chi connectivity index (χ3v) is 6.23. The number of aryl methyl sites for hydroxylation is 1. The van der Waals surface area contributed by atoms with Crippen molar-refractivity contribution in [1.29, 1.82) is 0 Å². The molecule has 0 bridgehead atoms. The fraction of sp³-hybridized carbons (Fsp3) is 0.0870. The van der Waals surface area contributed by atoms with Crippen LogP contribution in [0.5, 0.6) is 0 Å². The average molecular weight is 474 g/mol. The van der Waals surface area contributed by atoms with Crippen molar-refractivity contribution >= 4 is 15.7 Å². The summed E-state index contributed by atoms with van der Waals surface area (Å²) in [4.78, 5) is -0.104. The lowest BCUT2D eigenvalue weighted by Gasteiger charge is -2.10. The zero-order valence-electron chi connectivity index (χ0n) is 17.1. The molecule has 0 saturated carbocycles. The Kier molecular flexibility index (Phi) is 5.71. The first-order valence-electron chi connectivity index (χ1n) is 9.66. The molecule has 1 N–H and O–H groups in total. The summed E-state index contributed by atoms with van der Waals surface area (Å²) in [6.07, 6.45) is -4.65. The van der Waals surface area contributed by atoms with Crippen LogP contribution in [-0.2, 0) is 16.2 Å². The van der Waals surface area contributed by atoms with Gasteiger partial charge in [-0.1, -0.05) is 29.8 Å². The molecule has 0 aliphatic carbocycles. The quantitative estimate of drug-likeness (QED) is 0.372. The zero-order valence-corrected chi connectivity index (χ0v) is 18.0. The summed E-state index contributed by atoms with van der Waals surface area (Å²) in [5.41, 5.74) is 0.980. The van der Waals surface area contributed by atoms with E-state index >= 15 is 0 Å². The van der Waals surface area contributed by atoms with Crippen molar-refractivity contribution in [2.24, 2.45) is 0 Å². The van der Waals surface area contributed by atoms with Crippen LogP contribution in [0.3, 0.4) is 0 Å². The van der Waals surface area contributed by atoms with E-state index in [2.05, 4.69) is 9.82 Å². The number of rotatable bonds is 5. The highest BCUT2D eigenvalue weighted by Gasteiger charge is 2.35. The van der Waals surface area contributed by atoms with E-state index in [1.54, 1.807) is 24.3 Å². The third-order valence-electron chi connectivity index (χ3n) is 4.84. The van der Waals surface area contributed by atoms with Gasteiger partial charge in [0.2, 0.25) is 0 Å². The molecule has 0 aliphatic heterocycles. The number of sulfonamides is 1. The van der Waals surface area contributed by atoms with Crippen LogP contribution >= 0.6 is 0 Å². The van der Waals surface area contributed by atoms with E-state index in [9.17, 15) is 26.0 Å². The number of nitrogens with zero attached hydrogens (tertiary/aromatic N) is 2. The highest BCUT2D eigenvalue weighted by atomic mass is 32.2. The number of alkyl halides is 3. The van der Waals surface area contributed by atoms with Crippen LogP contribution in [0.1, 0.15) is 11.3 Å². The van der Waals surface area contributed by atoms with Crippen LogP contribution in [0.2, 0.25) is 0 Å². The molecule has 0 amide bonds. The highest BCUT2D eigenvalue weighted by molar-refractivity contribution is 7.92. The maximum absolute atomic E-state index is 13.3. The number of aromatic nitrogens is 2. The first-order valence-corrected chi connectivity index (χ1v) is 11.1. The van der Waals surface area contributed by atoms with Gasteiger partial charge >= 0.3 is 6.18 Å². The van der Waals surface area contributed by atoms with Crippen molar-refractivity contribution in [3.8, 4) is 16.9 Å². The predicted octanol–water partition coefficient (Wildman–Crippen LogP) is 5.81. The highest BCUT2D eigenvalue weighted by Crippen LogP contribution is 2.33. The maximum Gasteiger partial charge on any atom is 0.435 e. The van der Waals surface area contributed by atoms with Crippen LogP contribution in [-0.4, -0.2) is 18.2 Å². The third kappa shape index (κ3) is 4.90. The van der Waals surface area contributed by atoms with E-state index in [0.717, 1.165) is 23.8 Å². The van der Waals surface area contributed by atoms with Crippen LogP contribution in [0.15, 0.2) is 83.8 Å². The Balaban J connectivity index is 1.70. The molecule has 4 rings (SSSR count). The zero-order chi connectivity index (χ0) is 23.8. The Morgan fingerprint density at radius 3 is 2.06 bits per heavy atom.